The second-order valence-electron chi connectivity index (χ2n) is 4.12. The lowest BCUT2D eigenvalue weighted by Crippen LogP contribution is -2.23. The summed E-state index contributed by atoms with van der Waals surface area (Å²) in [6, 6.07) is 5.95. The quantitative estimate of drug-likeness (QED) is 0.834. The van der Waals surface area contributed by atoms with Crippen molar-refractivity contribution < 1.29 is 23.4 Å². The van der Waals surface area contributed by atoms with E-state index in [1.54, 1.807) is 12.1 Å². The Morgan fingerprint density at radius 1 is 1.32 bits per heavy atom. The first-order valence-electron chi connectivity index (χ1n) is 5.52. The molecule has 0 spiro atoms. The molecule has 1 aromatic carbocycles. The zero-order chi connectivity index (χ0) is 14.6. The van der Waals surface area contributed by atoms with E-state index >= 15 is 0 Å². The minimum Gasteiger partial charge on any atom is -0.389 e. The molecule has 0 aliphatic heterocycles. The third-order valence-corrected chi connectivity index (χ3v) is 4.54. The van der Waals surface area contributed by atoms with Gasteiger partial charge in [-0.3, -0.25) is 4.79 Å². The Kier molecular flexibility index (Phi) is 5.54. The largest absolute Gasteiger partial charge is 0.389 e. The van der Waals surface area contributed by atoms with Crippen LogP contribution in [0, 0.1) is 0 Å². The molecule has 2 N–H and O–H groups in total. The van der Waals surface area contributed by atoms with Crippen molar-refractivity contribution in [3.05, 3.63) is 29.8 Å². The Bertz CT molecular complexity index is 553. The van der Waals surface area contributed by atoms with Crippen LogP contribution in [0.4, 0.5) is 0 Å². The minimum absolute atomic E-state index is 0.00853. The highest BCUT2D eigenvalue weighted by Gasteiger charge is 2.24. The van der Waals surface area contributed by atoms with Gasteiger partial charge >= 0.3 is 0 Å². The van der Waals surface area contributed by atoms with Crippen LogP contribution in [0.1, 0.15) is 18.6 Å². The monoisotopic (exact) mass is 304 g/mol. The molecule has 106 valence electrons. The maximum absolute atomic E-state index is 11.6. The first-order chi connectivity index (χ1) is 8.73. The first-order valence-corrected chi connectivity index (χ1v) is 8.39. The Balaban J connectivity index is 3.00. The molecule has 0 radical (unpaired) electrons. The van der Waals surface area contributed by atoms with Crippen molar-refractivity contribution in [3.63, 3.8) is 0 Å². The number of aliphatic hydroxyl groups is 2. The molecule has 1 aromatic rings. The number of carbonyl (C=O) groups is 1. The van der Waals surface area contributed by atoms with E-state index in [0.717, 1.165) is 18.0 Å². The molecule has 0 saturated carbocycles. The number of thioether (sulfide) groups is 1. The van der Waals surface area contributed by atoms with Crippen molar-refractivity contribution in [2.45, 2.75) is 24.0 Å². The summed E-state index contributed by atoms with van der Waals surface area (Å²) in [5, 5.41) is 19.6. The summed E-state index contributed by atoms with van der Waals surface area (Å²) in [4.78, 5) is 10.8. The van der Waals surface area contributed by atoms with Gasteiger partial charge in [-0.2, -0.15) is 0 Å². The van der Waals surface area contributed by atoms with Crippen LogP contribution in [-0.2, 0) is 14.6 Å². The molecular weight excluding hydrogens is 288 g/mol. The maximum Gasteiger partial charge on any atom is 0.185 e. The van der Waals surface area contributed by atoms with Gasteiger partial charge in [0.15, 0.2) is 15.0 Å². The third-order valence-electron chi connectivity index (χ3n) is 2.46. The molecule has 0 aliphatic carbocycles. The van der Waals surface area contributed by atoms with Gasteiger partial charge in [-0.05, 0) is 6.07 Å². The highest BCUT2D eigenvalue weighted by Crippen LogP contribution is 2.26. The zero-order valence-electron chi connectivity index (χ0n) is 10.6. The molecule has 2 unspecified atom stereocenters. The smallest absolute Gasteiger partial charge is 0.185 e. The predicted octanol–water partition coefficient (Wildman–Crippen LogP) is 0.764. The molecule has 5 nitrogen and oxygen atoms in total. The molecule has 0 amide bonds. The molecular formula is C12H16O5S2. The molecule has 7 heteroatoms. The summed E-state index contributed by atoms with van der Waals surface area (Å²) in [5.41, 5.74) is 0.140. The Hall–Kier alpha value is -0.890. The summed E-state index contributed by atoms with van der Waals surface area (Å²) in [6.45, 7) is 1.36. The van der Waals surface area contributed by atoms with E-state index in [0.29, 0.717) is 0 Å². The highest BCUT2D eigenvalue weighted by atomic mass is 32.2. The van der Waals surface area contributed by atoms with Gasteiger partial charge in [0, 0.05) is 24.5 Å². The lowest BCUT2D eigenvalue weighted by molar-refractivity contribution is -0.109. The summed E-state index contributed by atoms with van der Waals surface area (Å²) in [7, 11) is -3.49. The second kappa shape index (κ2) is 6.51. The molecule has 0 heterocycles. The first kappa shape index (κ1) is 16.2. The van der Waals surface area contributed by atoms with Crippen molar-refractivity contribution in [3.8, 4) is 0 Å². The molecule has 0 aromatic heterocycles. The van der Waals surface area contributed by atoms with E-state index in [4.69, 9.17) is 0 Å². The molecule has 1 rings (SSSR count). The number of sulfone groups is 1. The third kappa shape index (κ3) is 4.61. The second-order valence-corrected chi connectivity index (χ2v) is 7.31. The number of benzene rings is 1. The van der Waals surface area contributed by atoms with Crippen LogP contribution in [0.3, 0.4) is 0 Å². The van der Waals surface area contributed by atoms with E-state index in [9.17, 15) is 23.4 Å². The molecule has 2 atom stereocenters. The maximum atomic E-state index is 11.6. The van der Waals surface area contributed by atoms with Crippen LogP contribution < -0.4 is 0 Å². The van der Waals surface area contributed by atoms with E-state index in [-0.39, 0.29) is 21.3 Å². The molecule has 19 heavy (non-hydrogen) atoms. The van der Waals surface area contributed by atoms with Gasteiger partial charge in [-0.15, -0.1) is 0 Å². The lowest BCUT2D eigenvalue weighted by atomic mass is 10.1. The van der Waals surface area contributed by atoms with Crippen LogP contribution in [0.2, 0.25) is 0 Å². The van der Waals surface area contributed by atoms with Crippen molar-refractivity contribution in [1.29, 1.82) is 0 Å². The Morgan fingerprint density at radius 3 is 2.42 bits per heavy atom. The summed E-state index contributed by atoms with van der Waals surface area (Å²) < 4.78 is 23.2. The molecule has 0 saturated heterocycles. The molecule has 0 bridgehead atoms. The van der Waals surface area contributed by atoms with Crippen LogP contribution in [0.15, 0.2) is 29.2 Å². The topological polar surface area (TPSA) is 91.7 Å². The average molecular weight is 304 g/mol. The minimum atomic E-state index is -3.49. The average Bonchev–Trinajstić information content (AvgIpc) is 2.34. The van der Waals surface area contributed by atoms with Crippen LogP contribution >= 0.6 is 11.8 Å². The zero-order valence-corrected chi connectivity index (χ0v) is 12.2. The standard InChI is InChI=1S/C12H16O5S2/c1-8(13)18-7-10(14)12(15)9-5-3-4-6-11(9)19(2,16)17/h3-6,10,12,14-15H,7H2,1-2H3. The summed E-state index contributed by atoms with van der Waals surface area (Å²) in [6.07, 6.45) is -1.52. The fraction of sp³-hybridized carbons (Fsp3) is 0.417. The number of aliphatic hydroxyl groups excluding tert-OH is 2. The molecule has 0 fully saturated rings. The van der Waals surface area contributed by atoms with Gasteiger partial charge in [0.25, 0.3) is 0 Å². The Labute approximate surface area is 116 Å². The van der Waals surface area contributed by atoms with Gasteiger partial charge in [-0.25, -0.2) is 8.42 Å². The fourth-order valence-corrected chi connectivity index (χ4v) is 3.09. The normalized spacial score (nSPS) is 14.9. The van der Waals surface area contributed by atoms with Crippen molar-refractivity contribution in [2.24, 2.45) is 0 Å². The van der Waals surface area contributed by atoms with E-state index in [1.165, 1.54) is 19.1 Å². The van der Waals surface area contributed by atoms with Gasteiger partial charge < -0.3 is 10.2 Å². The number of carbonyl (C=O) groups excluding carboxylic acids is 1. The van der Waals surface area contributed by atoms with E-state index < -0.39 is 22.0 Å². The lowest BCUT2D eigenvalue weighted by Gasteiger charge is -2.19. The van der Waals surface area contributed by atoms with Crippen LogP contribution in [0.5, 0.6) is 0 Å². The van der Waals surface area contributed by atoms with Gasteiger partial charge in [-0.1, -0.05) is 30.0 Å². The van der Waals surface area contributed by atoms with Crippen molar-refractivity contribution >= 4 is 26.7 Å². The Morgan fingerprint density at radius 2 is 1.89 bits per heavy atom. The SMILES string of the molecule is CC(=O)SCC(O)C(O)c1ccccc1S(C)(=O)=O. The fourth-order valence-electron chi connectivity index (χ4n) is 1.56. The highest BCUT2D eigenvalue weighted by molar-refractivity contribution is 8.13. The van der Waals surface area contributed by atoms with Gasteiger partial charge in [0.05, 0.1) is 11.0 Å². The number of hydrogen-bond acceptors (Lipinski definition) is 6. The van der Waals surface area contributed by atoms with Gasteiger partial charge in [0.2, 0.25) is 0 Å². The molecule has 0 aliphatic rings. The van der Waals surface area contributed by atoms with Crippen molar-refractivity contribution in [1.82, 2.24) is 0 Å². The summed E-state index contributed by atoms with van der Waals surface area (Å²) in [5.74, 6) is 0.00853. The number of hydrogen-bond donors (Lipinski definition) is 2. The van der Waals surface area contributed by atoms with Gasteiger partial charge in [0.1, 0.15) is 6.10 Å². The van der Waals surface area contributed by atoms with E-state index in [1.807, 2.05) is 0 Å². The summed E-state index contributed by atoms with van der Waals surface area (Å²) >= 11 is 0.877. The van der Waals surface area contributed by atoms with Crippen molar-refractivity contribution in [2.75, 3.05) is 12.0 Å². The number of rotatable bonds is 5. The van der Waals surface area contributed by atoms with Crippen LogP contribution in [0.25, 0.3) is 0 Å². The van der Waals surface area contributed by atoms with Crippen LogP contribution in [-0.4, -0.2) is 41.9 Å². The predicted molar refractivity (Wildman–Crippen MR) is 73.7 cm³/mol. The van der Waals surface area contributed by atoms with E-state index in [2.05, 4.69) is 0 Å².